The SMILES string of the molecule is COc1cc(CNCCc2nc3ccccc3[nH]2)cc(Cl)c1OCc1ccc(Cl)cc1Cl. The summed E-state index contributed by atoms with van der Waals surface area (Å²) in [5, 5.41) is 5.01. The van der Waals surface area contributed by atoms with Gasteiger partial charge in [-0.25, -0.2) is 4.98 Å². The number of aromatic amines is 1. The molecule has 0 aliphatic heterocycles. The number of hydrogen-bond donors (Lipinski definition) is 2. The van der Waals surface area contributed by atoms with Gasteiger partial charge in [-0.15, -0.1) is 0 Å². The van der Waals surface area contributed by atoms with Gasteiger partial charge in [-0.3, -0.25) is 0 Å². The highest BCUT2D eigenvalue weighted by Gasteiger charge is 2.13. The summed E-state index contributed by atoms with van der Waals surface area (Å²) in [5.74, 6) is 2.00. The number of imidazole rings is 1. The minimum Gasteiger partial charge on any atom is -0.493 e. The van der Waals surface area contributed by atoms with Gasteiger partial charge in [0.1, 0.15) is 12.4 Å². The van der Waals surface area contributed by atoms with Gasteiger partial charge in [0.25, 0.3) is 0 Å². The second-order valence-electron chi connectivity index (χ2n) is 7.26. The van der Waals surface area contributed by atoms with E-state index in [-0.39, 0.29) is 6.61 Å². The largest absolute Gasteiger partial charge is 0.493 e. The topological polar surface area (TPSA) is 59.2 Å². The van der Waals surface area contributed by atoms with Crippen LogP contribution in [0.25, 0.3) is 11.0 Å². The standard InChI is InChI=1S/C24H22Cl3N3O2/c1-31-22-11-15(13-28-9-8-23-29-20-4-2-3-5-21(20)30-23)10-19(27)24(22)32-14-16-6-7-17(25)12-18(16)26/h2-7,10-12,28H,8-9,13-14H2,1H3,(H,29,30). The van der Waals surface area contributed by atoms with Crippen LogP contribution in [0.5, 0.6) is 11.5 Å². The molecule has 1 aromatic heterocycles. The van der Waals surface area contributed by atoms with Crippen molar-refractivity contribution in [3.8, 4) is 11.5 Å². The van der Waals surface area contributed by atoms with E-state index in [9.17, 15) is 0 Å². The molecular formula is C24H22Cl3N3O2. The average Bonchev–Trinajstić information content (AvgIpc) is 3.19. The van der Waals surface area contributed by atoms with Crippen LogP contribution in [0.3, 0.4) is 0 Å². The fourth-order valence-corrected chi connectivity index (χ4v) is 4.12. The number of halogens is 3. The number of para-hydroxylation sites is 2. The summed E-state index contributed by atoms with van der Waals surface area (Å²) >= 11 is 18.7. The zero-order valence-corrected chi connectivity index (χ0v) is 19.7. The number of rotatable bonds is 9. The van der Waals surface area contributed by atoms with Crippen LogP contribution in [0.1, 0.15) is 17.0 Å². The van der Waals surface area contributed by atoms with E-state index in [0.29, 0.717) is 33.1 Å². The number of nitrogens with zero attached hydrogens (tertiary/aromatic N) is 1. The quantitative estimate of drug-likeness (QED) is 0.265. The van der Waals surface area contributed by atoms with Crippen molar-refractivity contribution in [1.82, 2.24) is 15.3 Å². The normalized spacial score (nSPS) is 11.1. The molecule has 0 aliphatic carbocycles. The Labute approximate surface area is 201 Å². The highest BCUT2D eigenvalue weighted by molar-refractivity contribution is 6.35. The lowest BCUT2D eigenvalue weighted by Gasteiger charge is -2.15. The summed E-state index contributed by atoms with van der Waals surface area (Å²) in [6.45, 7) is 1.66. The molecule has 5 nitrogen and oxygen atoms in total. The van der Waals surface area contributed by atoms with Gasteiger partial charge in [-0.2, -0.15) is 0 Å². The van der Waals surface area contributed by atoms with E-state index >= 15 is 0 Å². The molecular weight excluding hydrogens is 469 g/mol. The van der Waals surface area contributed by atoms with Crippen molar-refractivity contribution in [2.24, 2.45) is 0 Å². The van der Waals surface area contributed by atoms with Crippen LogP contribution in [-0.2, 0) is 19.6 Å². The van der Waals surface area contributed by atoms with Crippen LogP contribution in [0.4, 0.5) is 0 Å². The van der Waals surface area contributed by atoms with Gasteiger partial charge in [0.05, 0.1) is 23.2 Å². The smallest absolute Gasteiger partial charge is 0.180 e. The Morgan fingerprint density at radius 1 is 1.00 bits per heavy atom. The van der Waals surface area contributed by atoms with Crippen molar-refractivity contribution in [2.45, 2.75) is 19.6 Å². The summed E-state index contributed by atoms with van der Waals surface area (Å²) in [7, 11) is 1.59. The third-order valence-electron chi connectivity index (χ3n) is 4.98. The molecule has 166 valence electrons. The first-order valence-electron chi connectivity index (χ1n) is 10.1. The van der Waals surface area contributed by atoms with E-state index in [1.165, 1.54) is 0 Å². The molecule has 4 aromatic rings. The molecule has 0 saturated carbocycles. The fourth-order valence-electron chi connectivity index (χ4n) is 3.37. The summed E-state index contributed by atoms with van der Waals surface area (Å²) < 4.78 is 11.4. The highest BCUT2D eigenvalue weighted by atomic mass is 35.5. The molecule has 0 bridgehead atoms. The first-order valence-corrected chi connectivity index (χ1v) is 11.2. The van der Waals surface area contributed by atoms with Crippen molar-refractivity contribution in [3.63, 3.8) is 0 Å². The Morgan fingerprint density at radius 3 is 2.62 bits per heavy atom. The van der Waals surface area contributed by atoms with Gasteiger partial charge in [-0.1, -0.05) is 53.0 Å². The minimum atomic E-state index is 0.251. The monoisotopic (exact) mass is 489 g/mol. The van der Waals surface area contributed by atoms with Gasteiger partial charge < -0.3 is 19.8 Å². The van der Waals surface area contributed by atoms with Crippen LogP contribution in [0.2, 0.25) is 15.1 Å². The Bertz CT molecular complexity index is 1190. The summed E-state index contributed by atoms with van der Waals surface area (Å²) in [6.07, 6.45) is 0.794. The summed E-state index contributed by atoms with van der Waals surface area (Å²) in [4.78, 5) is 7.93. The summed E-state index contributed by atoms with van der Waals surface area (Å²) in [6, 6.07) is 17.1. The van der Waals surface area contributed by atoms with Gasteiger partial charge >= 0.3 is 0 Å². The molecule has 0 aliphatic rings. The minimum absolute atomic E-state index is 0.251. The Balaban J connectivity index is 1.35. The van der Waals surface area contributed by atoms with Gasteiger partial charge in [0.15, 0.2) is 11.5 Å². The molecule has 0 spiro atoms. The molecule has 0 atom stereocenters. The number of nitrogens with one attached hydrogen (secondary N) is 2. The average molecular weight is 491 g/mol. The van der Waals surface area contributed by atoms with Crippen LogP contribution in [0, 0.1) is 0 Å². The molecule has 8 heteroatoms. The number of H-pyrrole nitrogens is 1. The molecule has 3 aromatic carbocycles. The van der Waals surface area contributed by atoms with E-state index < -0.39 is 0 Å². The van der Waals surface area contributed by atoms with Gasteiger partial charge in [-0.05, 0) is 42.0 Å². The predicted molar refractivity (Wildman–Crippen MR) is 130 cm³/mol. The molecule has 32 heavy (non-hydrogen) atoms. The van der Waals surface area contributed by atoms with E-state index in [1.807, 2.05) is 42.5 Å². The number of hydrogen-bond acceptors (Lipinski definition) is 4. The highest BCUT2D eigenvalue weighted by Crippen LogP contribution is 2.37. The van der Waals surface area contributed by atoms with E-state index in [4.69, 9.17) is 44.3 Å². The number of benzene rings is 3. The van der Waals surface area contributed by atoms with Crippen molar-refractivity contribution in [1.29, 1.82) is 0 Å². The number of aromatic nitrogens is 2. The zero-order chi connectivity index (χ0) is 22.5. The van der Waals surface area contributed by atoms with Crippen molar-refractivity contribution in [2.75, 3.05) is 13.7 Å². The van der Waals surface area contributed by atoms with Crippen molar-refractivity contribution in [3.05, 3.63) is 86.6 Å². The Hall–Kier alpha value is -2.44. The molecule has 0 amide bonds. The lowest BCUT2D eigenvalue weighted by atomic mass is 10.2. The predicted octanol–water partition coefficient (Wildman–Crippen LogP) is 6.44. The first-order chi connectivity index (χ1) is 15.5. The van der Waals surface area contributed by atoms with E-state index in [2.05, 4.69) is 15.3 Å². The third kappa shape index (κ3) is 5.48. The Kier molecular flexibility index (Phi) is 7.43. The van der Waals surface area contributed by atoms with E-state index in [0.717, 1.165) is 41.0 Å². The molecule has 0 saturated heterocycles. The fraction of sp³-hybridized carbons (Fsp3) is 0.208. The van der Waals surface area contributed by atoms with Crippen molar-refractivity contribution >= 4 is 45.8 Å². The van der Waals surface area contributed by atoms with Crippen LogP contribution >= 0.6 is 34.8 Å². The lowest BCUT2D eigenvalue weighted by molar-refractivity contribution is 0.284. The van der Waals surface area contributed by atoms with Crippen LogP contribution in [-0.4, -0.2) is 23.6 Å². The maximum absolute atomic E-state index is 6.50. The molecule has 2 N–H and O–H groups in total. The zero-order valence-electron chi connectivity index (χ0n) is 17.4. The maximum atomic E-state index is 6.50. The first kappa shape index (κ1) is 22.7. The molecule has 4 rings (SSSR count). The molecule has 1 heterocycles. The molecule has 0 fully saturated rings. The number of methoxy groups -OCH3 is 1. The van der Waals surface area contributed by atoms with Crippen LogP contribution in [0.15, 0.2) is 54.6 Å². The van der Waals surface area contributed by atoms with E-state index in [1.54, 1.807) is 19.2 Å². The second-order valence-corrected chi connectivity index (χ2v) is 8.51. The molecule has 0 radical (unpaired) electrons. The molecule has 0 unspecified atom stereocenters. The second kappa shape index (κ2) is 10.5. The third-order valence-corrected chi connectivity index (χ3v) is 5.85. The lowest BCUT2D eigenvalue weighted by Crippen LogP contribution is -2.17. The van der Waals surface area contributed by atoms with Gasteiger partial charge in [0.2, 0.25) is 0 Å². The maximum Gasteiger partial charge on any atom is 0.180 e. The number of fused-ring (bicyclic) bond motifs is 1. The van der Waals surface area contributed by atoms with Crippen molar-refractivity contribution < 1.29 is 9.47 Å². The number of ether oxygens (including phenoxy) is 2. The van der Waals surface area contributed by atoms with Gasteiger partial charge in [0, 0.05) is 35.1 Å². The van der Waals surface area contributed by atoms with Crippen LogP contribution < -0.4 is 14.8 Å². The summed E-state index contributed by atoms with van der Waals surface area (Å²) in [5.41, 5.74) is 3.84. The Morgan fingerprint density at radius 2 is 1.84 bits per heavy atom.